The highest BCUT2D eigenvalue weighted by Gasteiger charge is 2.73. The van der Waals surface area contributed by atoms with Gasteiger partial charge in [0.2, 0.25) is 0 Å². The quantitative estimate of drug-likeness (QED) is 0.739. The molecule has 0 amide bonds. The first-order valence-electron chi connectivity index (χ1n) is 8.49. The molecule has 130 valence electrons. The number of carboxylic acids is 2. The standard InChI is InChI=1S/C18H28O5/c1-14-5-11-6-15(2,8-14)10-18(7-11,9-14)16(3,12(19)20)17(4,23)13(21)22/h11,23H,5-10H2,1-4H3,(H,19,20)(H,21,22). The summed E-state index contributed by atoms with van der Waals surface area (Å²) in [5.41, 5.74) is -4.55. The molecule has 4 unspecified atom stereocenters. The van der Waals surface area contributed by atoms with Crippen molar-refractivity contribution in [1.29, 1.82) is 0 Å². The Morgan fingerprint density at radius 2 is 1.39 bits per heavy atom. The summed E-state index contributed by atoms with van der Waals surface area (Å²) in [5, 5.41) is 30.3. The Morgan fingerprint density at radius 3 is 1.74 bits per heavy atom. The monoisotopic (exact) mass is 324 g/mol. The van der Waals surface area contributed by atoms with E-state index in [-0.39, 0.29) is 10.8 Å². The maximum atomic E-state index is 12.3. The average Bonchev–Trinajstić information content (AvgIpc) is 2.32. The smallest absolute Gasteiger partial charge is 0.336 e. The first kappa shape index (κ1) is 16.7. The van der Waals surface area contributed by atoms with E-state index in [0.717, 1.165) is 26.2 Å². The van der Waals surface area contributed by atoms with Crippen LogP contribution in [0, 0.1) is 27.6 Å². The Balaban J connectivity index is 2.18. The highest BCUT2D eigenvalue weighted by Crippen LogP contribution is 2.74. The van der Waals surface area contributed by atoms with Crippen LogP contribution in [0.15, 0.2) is 0 Å². The second kappa shape index (κ2) is 4.29. The van der Waals surface area contributed by atoms with Gasteiger partial charge in [0.1, 0.15) is 5.41 Å². The number of hydrogen-bond donors (Lipinski definition) is 3. The molecule has 5 nitrogen and oxygen atoms in total. The van der Waals surface area contributed by atoms with Gasteiger partial charge in [-0.3, -0.25) is 4.79 Å². The molecule has 23 heavy (non-hydrogen) atoms. The van der Waals surface area contributed by atoms with Crippen LogP contribution in [0.2, 0.25) is 0 Å². The van der Waals surface area contributed by atoms with E-state index in [2.05, 4.69) is 13.8 Å². The van der Waals surface area contributed by atoms with Crippen molar-refractivity contribution < 1.29 is 24.9 Å². The lowest BCUT2D eigenvalue weighted by Gasteiger charge is -2.69. The molecule has 0 aliphatic heterocycles. The van der Waals surface area contributed by atoms with Crippen LogP contribution in [0.4, 0.5) is 0 Å². The molecular formula is C18H28O5. The largest absolute Gasteiger partial charge is 0.481 e. The Morgan fingerprint density at radius 1 is 0.913 bits per heavy atom. The van der Waals surface area contributed by atoms with Gasteiger partial charge in [0.25, 0.3) is 0 Å². The van der Waals surface area contributed by atoms with Crippen LogP contribution in [0.3, 0.4) is 0 Å². The van der Waals surface area contributed by atoms with Gasteiger partial charge in [-0.05, 0) is 74.5 Å². The van der Waals surface area contributed by atoms with Crippen molar-refractivity contribution in [3.63, 3.8) is 0 Å². The zero-order chi connectivity index (χ0) is 17.5. The van der Waals surface area contributed by atoms with E-state index in [0.29, 0.717) is 25.2 Å². The number of hydrogen-bond acceptors (Lipinski definition) is 3. The van der Waals surface area contributed by atoms with Crippen molar-refractivity contribution in [2.45, 2.75) is 71.8 Å². The van der Waals surface area contributed by atoms with E-state index in [1.165, 1.54) is 6.92 Å². The summed E-state index contributed by atoms with van der Waals surface area (Å²) in [6.07, 6.45) is 5.36. The molecule has 4 bridgehead atoms. The van der Waals surface area contributed by atoms with Gasteiger partial charge in [0.05, 0.1) is 0 Å². The molecular weight excluding hydrogens is 296 g/mol. The Kier molecular flexibility index (Phi) is 3.13. The molecule has 5 heteroatoms. The third kappa shape index (κ3) is 1.95. The van der Waals surface area contributed by atoms with Crippen LogP contribution in [0.25, 0.3) is 0 Å². The molecule has 4 rings (SSSR count). The van der Waals surface area contributed by atoms with Gasteiger partial charge < -0.3 is 15.3 Å². The van der Waals surface area contributed by atoms with Crippen molar-refractivity contribution in [2.75, 3.05) is 0 Å². The Bertz CT molecular complexity index is 562. The second-order valence-corrected chi connectivity index (χ2v) is 9.72. The maximum absolute atomic E-state index is 12.3. The van der Waals surface area contributed by atoms with Crippen LogP contribution >= 0.6 is 0 Å². The summed E-state index contributed by atoms with van der Waals surface area (Å²) in [4.78, 5) is 24.0. The summed E-state index contributed by atoms with van der Waals surface area (Å²) in [6, 6.07) is 0. The van der Waals surface area contributed by atoms with Gasteiger partial charge in [-0.25, -0.2) is 4.79 Å². The minimum absolute atomic E-state index is 0.0550. The van der Waals surface area contributed by atoms with Crippen LogP contribution in [-0.2, 0) is 9.59 Å². The molecule has 0 heterocycles. The number of aliphatic hydroxyl groups is 1. The molecule has 4 aliphatic rings. The highest BCUT2D eigenvalue weighted by atomic mass is 16.4. The fourth-order valence-electron chi connectivity index (χ4n) is 7.17. The zero-order valence-electron chi connectivity index (χ0n) is 14.5. The predicted octanol–water partition coefficient (Wildman–Crippen LogP) is 2.91. The zero-order valence-corrected chi connectivity index (χ0v) is 14.5. The number of carboxylic acid groups (broad SMARTS) is 2. The molecule has 4 atom stereocenters. The first-order valence-corrected chi connectivity index (χ1v) is 8.49. The van der Waals surface area contributed by atoms with E-state index in [1.54, 1.807) is 0 Å². The molecule has 4 aliphatic carbocycles. The third-order valence-corrected chi connectivity index (χ3v) is 7.50. The number of rotatable bonds is 4. The molecule has 4 fully saturated rings. The summed E-state index contributed by atoms with van der Waals surface area (Å²) in [7, 11) is 0. The SMILES string of the molecule is CC12CC3CC(C)(C1)CC(C(C)(C(=O)O)C(C)(O)C(=O)O)(C3)C2. The molecule has 0 spiro atoms. The van der Waals surface area contributed by atoms with Crippen LogP contribution in [0.5, 0.6) is 0 Å². The van der Waals surface area contributed by atoms with Crippen molar-refractivity contribution in [2.24, 2.45) is 27.6 Å². The summed E-state index contributed by atoms with van der Waals surface area (Å²) in [6.45, 7) is 7.04. The molecule has 0 aromatic rings. The van der Waals surface area contributed by atoms with Crippen LogP contribution in [0.1, 0.15) is 66.2 Å². The van der Waals surface area contributed by atoms with Crippen LogP contribution in [-0.4, -0.2) is 32.9 Å². The molecule has 0 radical (unpaired) electrons. The Labute approximate surface area is 137 Å². The van der Waals surface area contributed by atoms with Gasteiger partial charge in [0, 0.05) is 0 Å². The van der Waals surface area contributed by atoms with E-state index >= 15 is 0 Å². The number of aliphatic carboxylic acids is 2. The molecule has 4 saturated carbocycles. The van der Waals surface area contributed by atoms with Crippen molar-refractivity contribution in [3.05, 3.63) is 0 Å². The number of carbonyl (C=O) groups is 2. The minimum Gasteiger partial charge on any atom is -0.481 e. The molecule has 0 aromatic heterocycles. The van der Waals surface area contributed by atoms with E-state index < -0.39 is 28.4 Å². The van der Waals surface area contributed by atoms with Crippen molar-refractivity contribution >= 4 is 11.9 Å². The fourth-order valence-corrected chi connectivity index (χ4v) is 7.17. The van der Waals surface area contributed by atoms with Gasteiger partial charge >= 0.3 is 11.9 Å². The van der Waals surface area contributed by atoms with E-state index in [4.69, 9.17) is 0 Å². The summed E-state index contributed by atoms with van der Waals surface area (Å²) < 4.78 is 0. The lowest BCUT2D eigenvalue weighted by atomic mass is 9.34. The normalized spacial score (nSPS) is 46.9. The van der Waals surface area contributed by atoms with Crippen molar-refractivity contribution in [3.8, 4) is 0 Å². The fraction of sp³-hybridized carbons (Fsp3) is 0.889. The Hall–Kier alpha value is -1.10. The predicted molar refractivity (Wildman–Crippen MR) is 83.8 cm³/mol. The second-order valence-electron chi connectivity index (χ2n) is 9.72. The molecule has 0 aromatic carbocycles. The lowest BCUT2D eigenvalue weighted by Crippen LogP contribution is -2.69. The maximum Gasteiger partial charge on any atom is 0.336 e. The van der Waals surface area contributed by atoms with Gasteiger partial charge in [-0.2, -0.15) is 0 Å². The lowest BCUT2D eigenvalue weighted by molar-refractivity contribution is -0.245. The molecule has 3 N–H and O–H groups in total. The van der Waals surface area contributed by atoms with Crippen molar-refractivity contribution in [1.82, 2.24) is 0 Å². The van der Waals surface area contributed by atoms with Gasteiger partial charge in [0.15, 0.2) is 5.60 Å². The minimum atomic E-state index is -2.29. The highest BCUT2D eigenvalue weighted by molar-refractivity contribution is 5.89. The van der Waals surface area contributed by atoms with E-state index in [9.17, 15) is 24.9 Å². The van der Waals surface area contributed by atoms with Gasteiger partial charge in [-0.15, -0.1) is 0 Å². The van der Waals surface area contributed by atoms with E-state index in [1.807, 2.05) is 0 Å². The first-order chi connectivity index (χ1) is 10.3. The van der Waals surface area contributed by atoms with Gasteiger partial charge in [-0.1, -0.05) is 13.8 Å². The summed E-state index contributed by atoms with van der Waals surface area (Å²) in [5.74, 6) is -2.21. The van der Waals surface area contributed by atoms with Crippen LogP contribution < -0.4 is 0 Å². The topological polar surface area (TPSA) is 94.8 Å². The third-order valence-electron chi connectivity index (χ3n) is 7.50. The molecule has 0 saturated heterocycles. The average molecular weight is 324 g/mol. The summed E-state index contributed by atoms with van der Waals surface area (Å²) >= 11 is 0.